The van der Waals surface area contributed by atoms with Crippen molar-refractivity contribution in [2.45, 2.75) is 25.9 Å². The van der Waals surface area contributed by atoms with Crippen LogP contribution in [0.5, 0.6) is 0 Å². The van der Waals surface area contributed by atoms with E-state index in [-0.39, 0.29) is 5.82 Å². The second-order valence-electron chi connectivity index (χ2n) is 4.60. The molecular weight excluding hydrogens is 257 g/mol. The van der Waals surface area contributed by atoms with Gasteiger partial charge < -0.3 is 5.32 Å². The number of rotatable bonds is 6. The monoisotopic (exact) mass is 275 g/mol. The van der Waals surface area contributed by atoms with E-state index in [1.54, 1.807) is 17.4 Å². The van der Waals surface area contributed by atoms with Gasteiger partial charge in [-0.25, -0.2) is 4.39 Å². The average Bonchev–Trinajstić information content (AvgIpc) is 2.92. The maximum Gasteiger partial charge on any atom is 0.131 e. The quantitative estimate of drug-likeness (QED) is 0.759. The summed E-state index contributed by atoms with van der Waals surface area (Å²) in [5.41, 5.74) is 1.78. The lowest BCUT2D eigenvalue weighted by Crippen LogP contribution is -2.24. The number of hydrogen-bond acceptors (Lipinski definition) is 2. The van der Waals surface area contributed by atoms with Gasteiger partial charge in [0, 0.05) is 23.0 Å². The van der Waals surface area contributed by atoms with E-state index in [4.69, 9.17) is 0 Å². The first-order valence-corrected chi connectivity index (χ1v) is 7.25. The molecule has 1 unspecified atom stereocenters. The Hall–Kier alpha value is -1.45. The Morgan fingerprint density at radius 1 is 1.42 bits per heavy atom. The molecule has 100 valence electrons. The van der Waals surface area contributed by atoms with Crippen LogP contribution in [0.1, 0.15) is 18.9 Å². The standard InChI is InChI=1S/C16H18FNS/c1-3-5-12(2)18-11-13-7-8-15(17)14(10-13)16-6-4-9-19-16/h3-4,6-10,12,18H,1,5,11H2,2H3. The summed E-state index contributed by atoms with van der Waals surface area (Å²) in [6.07, 6.45) is 2.83. The first-order chi connectivity index (χ1) is 9.20. The molecule has 1 aromatic carbocycles. The minimum atomic E-state index is -0.162. The third-order valence-electron chi connectivity index (χ3n) is 2.99. The van der Waals surface area contributed by atoms with E-state index in [1.165, 1.54) is 0 Å². The van der Waals surface area contributed by atoms with Crippen molar-refractivity contribution in [3.05, 3.63) is 59.7 Å². The van der Waals surface area contributed by atoms with Crippen LogP contribution in [0.25, 0.3) is 10.4 Å². The Morgan fingerprint density at radius 2 is 2.26 bits per heavy atom. The van der Waals surface area contributed by atoms with Crippen molar-refractivity contribution in [1.29, 1.82) is 0 Å². The smallest absolute Gasteiger partial charge is 0.131 e. The molecule has 2 rings (SSSR count). The molecule has 1 atom stereocenters. The zero-order chi connectivity index (χ0) is 13.7. The van der Waals surface area contributed by atoms with E-state index >= 15 is 0 Å². The van der Waals surface area contributed by atoms with Gasteiger partial charge in [0.1, 0.15) is 5.82 Å². The lowest BCUT2D eigenvalue weighted by Gasteiger charge is -2.12. The minimum Gasteiger partial charge on any atom is -0.310 e. The van der Waals surface area contributed by atoms with E-state index in [1.807, 2.05) is 35.7 Å². The van der Waals surface area contributed by atoms with Gasteiger partial charge in [-0.15, -0.1) is 17.9 Å². The Bertz CT molecular complexity index is 534. The van der Waals surface area contributed by atoms with Crippen molar-refractivity contribution in [3.63, 3.8) is 0 Å². The summed E-state index contributed by atoms with van der Waals surface area (Å²) in [6, 6.07) is 9.57. The Kier molecular flexibility index (Phi) is 4.88. The second-order valence-corrected chi connectivity index (χ2v) is 5.55. The fraction of sp³-hybridized carbons (Fsp3) is 0.250. The minimum absolute atomic E-state index is 0.162. The number of halogens is 1. The molecule has 2 aromatic rings. The first-order valence-electron chi connectivity index (χ1n) is 6.37. The van der Waals surface area contributed by atoms with E-state index in [2.05, 4.69) is 18.8 Å². The molecule has 0 fully saturated rings. The highest BCUT2D eigenvalue weighted by Crippen LogP contribution is 2.28. The third kappa shape index (κ3) is 3.75. The van der Waals surface area contributed by atoms with Crippen LogP contribution >= 0.6 is 11.3 Å². The number of benzene rings is 1. The molecule has 0 saturated carbocycles. The molecule has 19 heavy (non-hydrogen) atoms. The van der Waals surface area contributed by atoms with Gasteiger partial charge in [0.15, 0.2) is 0 Å². The van der Waals surface area contributed by atoms with Gasteiger partial charge in [-0.3, -0.25) is 0 Å². The molecule has 1 nitrogen and oxygen atoms in total. The van der Waals surface area contributed by atoms with Crippen molar-refractivity contribution in [2.24, 2.45) is 0 Å². The normalized spacial score (nSPS) is 12.3. The molecule has 1 N–H and O–H groups in total. The topological polar surface area (TPSA) is 12.0 Å². The van der Waals surface area contributed by atoms with Gasteiger partial charge in [0.25, 0.3) is 0 Å². The lowest BCUT2D eigenvalue weighted by molar-refractivity contribution is 0.553. The highest BCUT2D eigenvalue weighted by molar-refractivity contribution is 7.13. The molecule has 0 aliphatic heterocycles. The largest absolute Gasteiger partial charge is 0.310 e. The van der Waals surface area contributed by atoms with Gasteiger partial charge in [0.05, 0.1) is 0 Å². The van der Waals surface area contributed by atoms with Gasteiger partial charge in [-0.1, -0.05) is 18.2 Å². The van der Waals surface area contributed by atoms with Crippen LogP contribution < -0.4 is 5.32 Å². The van der Waals surface area contributed by atoms with Crippen molar-refractivity contribution in [3.8, 4) is 10.4 Å². The zero-order valence-electron chi connectivity index (χ0n) is 11.0. The van der Waals surface area contributed by atoms with Gasteiger partial charge in [-0.05, 0) is 42.5 Å². The van der Waals surface area contributed by atoms with Gasteiger partial charge in [0.2, 0.25) is 0 Å². The maximum absolute atomic E-state index is 13.8. The third-order valence-corrected chi connectivity index (χ3v) is 3.90. The van der Waals surface area contributed by atoms with Crippen molar-refractivity contribution in [2.75, 3.05) is 0 Å². The molecular formula is C16H18FNS. The SMILES string of the molecule is C=CCC(C)NCc1ccc(F)c(-c2cccs2)c1. The predicted molar refractivity (Wildman–Crippen MR) is 80.8 cm³/mol. The second kappa shape index (κ2) is 6.64. The summed E-state index contributed by atoms with van der Waals surface area (Å²) in [6.45, 7) is 6.59. The summed E-state index contributed by atoms with van der Waals surface area (Å²) in [4.78, 5) is 0.971. The van der Waals surface area contributed by atoms with Crippen LogP contribution in [-0.4, -0.2) is 6.04 Å². The molecule has 1 aromatic heterocycles. The zero-order valence-corrected chi connectivity index (χ0v) is 11.8. The Morgan fingerprint density at radius 3 is 2.95 bits per heavy atom. The van der Waals surface area contributed by atoms with Crippen LogP contribution in [0.4, 0.5) is 4.39 Å². The molecule has 0 amide bonds. The molecule has 0 aliphatic rings. The summed E-state index contributed by atoms with van der Waals surface area (Å²) < 4.78 is 13.8. The van der Waals surface area contributed by atoms with Crippen LogP contribution in [0, 0.1) is 5.82 Å². The van der Waals surface area contributed by atoms with E-state index in [0.717, 1.165) is 23.4 Å². The van der Waals surface area contributed by atoms with Crippen LogP contribution in [0.2, 0.25) is 0 Å². The molecule has 1 heterocycles. The fourth-order valence-corrected chi connectivity index (χ4v) is 2.67. The lowest BCUT2D eigenvalue weighted by atomic mass is 10.1. The van der Waals surface area contributed by atoms with Crippen LogP contribution in [0.15, 0.2) is 48.4 Å². The highest BCUT2D eigenvalue weighted by Gasteiger charge is 2.07. The van der Waals surface area contributed by atoms with E-state index in [0.29, 0.717) is 11.6 Å². The first kappa shape index (κ1) is 14.0. The summed E-state index contributed by atoms with van der Waals surface area (Å²) in [5.74, 6) is -0.162. The Balaban J connectivity index is 2.11. The fourth-order valence-electron chi connectivity index (χ4n) is 1.93. The van der Waals surface area contributed by atoms with E-state index in [9.17, 15) is 4.39 Å². The van der Waals surface area contributed by atoms with Crippen molar-refractivity contribution >= 4 is 11.3 Å². The average molecular weight is 275 g/mol. The predicted octanol–water partition coefficient (Wildman–Crippen LogP) is 4.61. The number of nitrogens with one attached hydrogen (secondary N) is 1. The summed E-state index contributed by atoms with van der Waals surface area (Å²) >= 11 is 1.56. The number of hydrogen-bond donors (Lipinski definition) is 1. The van der Waals surface area contributed by atoms with E-state index < -0.39 is 0 Å². The van der Waals surface area contributed by atoms with Crippen LogP contribution in [-0.2, 0) is 6.54 Å². The van der Waals surface area contributed by atoms with Gasteiger partial charge >= 0.3 is 0 Å². The molecule has 0 saturated heterocycles. The number of thiophene rings is 1. The van der Waals surface area contributed by atoms with Gasteiger partial charge in [-0.2, -0.15) is 0 Å². The maximum atomic E-state index is 13.8. The van der Waals surface area contributed by atoms with Crippen LogP contribution in [0.3, 0.4) is 0 Å². The summed E-state index contributed by atoms with van der Waals surface area (Å²) in [7, 11) is 0. The molecule has 0 radical (unpaired) electrons. The molecule has 0 bridgehead atoms. The van der Waals surface area contributed by atoms with Crippen molar-refractivity contribution in [1.82, 2.24) is 5.32 Å². The molecule has 0 aliphatic carbocycles. The molecule has 3 heteroatoms. The summed E-state index contributed by atoms with van der Waals surface area (Å²) in [5, 5.41) is 5.37. The van der Waals surface area contributed by atoms with Crippen molar-refractivity contribution < 1.29 is 4.39 Å². The highest BCUT2D eigenvalue weighted by atomic mass is 32.1. The molecule has 0 spiro atoms. The Labute approximate surface area is 117 Å².